The standard InChI is InChI=1S/C23H25N3O6S/c1-14-6-8-16(12-20(14)33(30,31)25(2)3)24-21(27)15-7-9-18-19(11-15)23(29)26(22(18)28)13-17-5-4-10-32-17/h6-9,11-12,17H,4-5,10,13H2,1-3H3,(H,24,27)/t17-/m0/s1. The second kappa shape index (κ2) is 8.69. The summed E-state index contributed by atoms with van der Waals surface area (Å²) in [5.74, 6) is -1.36. The summed E-state index contributed by atoms with van der Waals surface area (Å²) in [4.78, 5) is 39.6. The van der Waals surface area contributed by atoms with Gasteiger partial charge in [-0.2, -0.15) is 0 Å². The van der Waals surface area contributed by atoms with Crippen LogP contribution in [0, 0.1) is 6.92 Å². The van der Waals surface area contributed by atoms with E-state index in [9.17, 15) is 22.8 Å². The number of sulfonamides is 1. The zero-order valence-electron chi connectivity index (χ0n) is 18.6. The van der Waals surface area contributed by atoms with E-state index in [1.165, 1.54) is 43.3 Å². The molecule has 1 fully saturated rings. The number of nitrogens with zero attached hydrogens (tertiary/aromatic N) is 2. The highest BCUT2D eigenvalue weighted by atomic mass is 32.2. The van der Waals surface area contributed by atoms with E-state index < -0.39 is 27.7 Å². The molecule has 1 atom stereocenters. The van der Waals surface area contributed by atoms with Crippen molar-refractivity contribution in [1.29, 1.82) is 0 Å². The van der Waals surface area contributed by atoms with Crippen molar-refractivity contribution in [2.24, 2.45) is 0 Å². The van der Waals surface area contributed by atoms with Crippen LogP contribution >= 0.6 is 0 Å². The molecule has 2 aliphatic heterocycles. The number of imide groups is 1. The molecule has 2 aromatic rings. The summed E-state index contributed by atoms with van der Waals surface area (Å²) in [6.45, 7) is 2.49. The van der Waals surface area contributed by atoms with Gasteiger partial charge in [0.05, 0.1) is 28.7 Å². The Bertz CT molecular complexity index is 1250. The van der Waals surface area contributed by atoms with Gasteiger partial charge in [-0.1, -0.05) is 6.07 Å². The van der Waals surface area contributed by atoms with Crippen molar-refractivity contribution >= 4 is 33.4 Å². The molecule has 4 rings (SSSR count). The molecule has 10 heteroatoms. The van der Waals surface area contributed by atoms with Crippen LogP contribution in [-0.2, 0) is 14.8 Å². The summed E-state index contributed by atoms with van der Waals surface area (Å²) in [6, 6.07) is 8.95. The van der Waals surface area contributed by atoms with Crippen LogP contribution in [-0.4, -0.2) is 68.7 Å². The number of carbonyl (C=O) groups is 3. The van der Waals surface area contributed by atoms with Crippen LogP contribution in [0.3, 0.4) is 0 Å². The van der Waals surface area contributed by atoms with Gasteiger partial charge in [-0.25, -0.2) is 12.7 Å². The van der Waals surface area contributed by atoms with Crippen LogP contribution in [0.5, 0.6) is 0 Å². The molecule has 0 radical (unpaired) electrons. The Morgan fingerprint density at radius 1 is 1.12 bits per heavy atom. The summed E-state index contributed by atoms with van der Waals surface area (Å²) in [6.07, 6.45) is 1.53. The van der Waals surface area contributed by atoms with Crippen LogP contribution in [0.4, 0.5) is 5.69 Å². The van der Waals surface area contributed by atoms with Gasteiger partial charge in [0.25, 0.3) is 17.7 Å². The molecule has 33 heavy (non-hydrogen) atoms. The fourth-order valence-corrected chi connectivity index (χ4v) is 5.09. The third-order valence-corrected chi connectivity index (χ3v) is 7.80. The fraction of sp³-hybridized carbons (Fsp3) is 0.348. The highest BCUT2D eigenvalue weighted by molar-refractivity contribution is 7.89. The summed E-state index contributed by atoms with van der Waals surface area (Å²) >= 11 is 0. The quantitative estimate of drug-likeness (QED) is 0.647. The third kappa shape index (κ3) is 4.29. The van der Waals surface area contributed by atoms with Crippen LogP contribution in [0.25, 0.3) is 0 Å². The molecule has 174 valence electrons. The van der Waals surface area contributed by atoms with Crippen LogP contribution < -0.4 is 5.32 Å². The Morgan fingerprint density at radius 3 is 2.52 bits per heavy atom. The molecule has 0 aromatic heterocycles. The number of amides is 3. The minimum absolute atomic E-state index is 0.0878. The van der Waals surface area contributed by atoms with Crippen LogP contribution in [0.1, 0.15) is 49.5 Å². The molecular weight excluding hydrogens is 446 g/mol. The van der Waals surface area contributed by atoms with E-state index >= 15 is 0 Å². The highest BCUT2D eigenvalue weighted by Gasteiger charge is 2.38. The number of benzene rings is 2. The molecule has 2 heterocycles. The van der Waals surface area contributed by atoms with Gasteiger partial charge >= 0.3 is 0 Å². The fourth-order valence-electron chi connectivity index (χ4n) is 3.95. The summed E-state index contributed by atoms with van der Waals surface area (Å²) < 4.78 is 31.7. The number of hydrogen-bond donors (Lipinski definition) is 1. The monoisotopic (exact) mass is 471 g/mol. The van der Waals surface area contributed by atoms with Crippen molar-refractivity contribution in [2.75, 3.05) is 32.6 Å². The molecule has 0 bridgehead atoms. The van der Waals surface area contributed by atoms with E-state index in [-0.39, 0.29) is 34.2 Å². The van der Waals surface area contributed by atoms with Gasteiger partial charge in [0.1, 0.15) is 0 Å². The van der Waals surface area contributed by atoms with Gasteiger partial charge < -0.3 is 10.1 Å². The largest absolute Gasteiger partial charge is 0.376 e. The minimum Gasteiger partial charge on any atom is -0.376 e. The van der Waals surface area contributed by atoms with E-state index in [0.29, 0.717) is 17.9 Å². The Hall–Kier alpha value is -3.08. The highest BCUT2D eigenvalue weighted by Crippen LogP contribution is 2.27. The second-order valence-electron chi connectivity index (χ2n) is 8.34. The topological polar surface area (TPSA) is 113 Å². The average Bonchev–Trinajstić information content (AvgIpc) is 3.37. The Labute approximate surface area is 192 Å². The zero-order chi connectivity index (χ0) is 23.9. The first-order valence-corrected chi connectivity index (χ1v) is 12.0. The van der Waals surface area contributed by atoms with Crippen molar-refractivity contribution in [3.05, 3.63) is 58.7 Å². The predicted octanol–water partition coefficient (Wildman–Crippen LogP) is 2.27. The van der Waals surface area contributed by atoms with Gasteiger partial charge in [0.2, 0.25) is 10.0 Å². The first-order chi connectivity index (χ1) is 15.6. The molecule has 2 aromatic carbocycles. The molecule has 2 aliphatic rings. The SMILES string of the molecule is Cc1ccc(NC(=O)c2ccc3c(c2)C(=O)N(C[C@@H]2CCCO2)C3=O)cc1S(=O)(=O)N(C)C. The normalized spacial score (nSPS) is 18.2. The number of carbonyl (C=O) groups excluding carboxylic acids is 3. The summed E-state index contributed by atoms with van der Waals surface area (Å²) in [5, 5.41) is 2.67. The lowest BCUT2D eigenvalue weighted by molar-refractivity contribution is 0.0475. The average molecular weight is 472 g/mol. The van der Waals surface area contributed by atoms with E-state index in [4.69, 9.17) is 4.74 Å². The van der Waals surface area contributed by atoms with E-state index in [1.54, 1.807) is 19.1 Å². The minimum atomic E-state index is -3.68. The van der Waals surface area contributed by atoms with Gasteiger partial charge in [-0.15, -0.1) is 0 Å². The summed E-state index contributed by atoms with van der Waals surface area (Å²) in [7, 11) is -0.813. The molecule has 9 nitrogen and oxygen atoms in total. The van der Waals surface area contributed by atoms with Gasteiger partial charge in [-0.3, -0.25) is 19.3 Å². The maximum atomic E-state index is 12.8. The first kappa shape index (κ1) is 23.1. The number of ether oxygens (including phenoxy) is 1. The Morgan fingerprint density at radius 2 is 1.85 bits per heavy atom. The number of hydrogen-bond acceptors (Lipinski definition) is 6. The molecule has 0 aliphatic carbocycles. The zero-order valence-corrected chi connectivity index (χ0v) is 19.4. The van der Waals surface area contributed by atoms with Crippen molar-refractivity contribution in [3.8, 4) is 0 Å². The number of anilines is 1. The van der Waals surface area contributed by atoms with E-state index in [2.05, 4.69) is 5.32 Å². The number of aryl methyl sites for hydroxylation is 1. The number of fused-ring (bicyclic) bond motifs is 1. The lowest BCUT2D eigenvalue weighted by Gasteiger charge is -2.17. The Kier molecular flexibility index (Phi) is 6.08. The third-order valence-electron chi connectivity index (χ3n) is 5.85. The maximum Gasteiger partial charge on any atom is 0.261 e. The number of nitrogens with one attached hydrogen (secondary N) is 1. The van der Waals surface area contributed by atoms with Crippen molar-refractivity contribution in [3.63, 3.8) is 0 Å². The summed E-state index contributed by atoms with van der Waals surface area (Å²) in [5.41, 5.74) is 1.46. The Balaban J connectivity index is 1.55. The van der Waals surface area contributed by atoms with Gasteiger partial charge in [0.15, 0.2) is 0 Å². The molecule has 1 saturated heterocycles. The number of rotatable bonds is 6. The molecule has 3 amide bonds. The van der Waals surface area contributed by atoms with Crippen molar-refractivity contribution in [2.45, 2.75) is 30.8 Å². The molecule has 1 N–H and O–H groups in total. The van der Waals surface area contributed by atoms with E-state index in [1.807, 2.05) is 0 Å². The second-order valence-corrected chi connectivity index (χ2v) is 10.5. The smallest absolute Gasteiger partial charge is 0.261 e. The molecular formula is C23H25N3O6S. The van der Waals surface area contributed by atoms with Crippen molar-refractivity contribution < 1.29 is 27.5 Å². The van der Waals surface area contributed by atoms with Gasteiger partial charge in [0, 0.05) is 32.0 Å². The first-order valence-electron chi connectivity index (χ1n) is 10.6. The van der Waals surface area contributed by atoms with Crippen LogP contribution in [0.2, 0.25) is 0 Å². The maximum absolute atomic E-state index is 12.8. The lowest BCUT2D eigenvalue weighted by atomic mass is 10.1. The molecule has 0 saturated carbocycles. The van der Waals surface area contributed by atoms with Crippen molar-refractivity contribution in [1.82, 2.24) is 9.21 Å². The van der Waals surface area contributed by atoms with Gasteiger partial charge in [-0.05, 0) is 55.7 Å². The lowest BCUT2D eigenvalue weighted by Crippen LogP contribution is -2.36. The molecule has 0 unspecified atom stereocenters. The van der Waals surface area contributed by atoms with Crippen LogP contribution in [0.15, 0.2) is 41.3 Å². The predicted molar refractivity (Wildman–Crippen MR) is 121 cm³/mol. The molecule has 0 spiro atoms. The van der Waals surface area contributed by atoms with E-state index in [0.717, 1.165) is 17.1 Å².